The molecule has 4 aromatic heterocycles. The molecular formula is C51H30N4OS. The third-order valence-corrected chi connectivity index (χ3v) is 12.2. The summed E-state index contributed by atoms with van der Waals surface area (Å²) in [5, 5.41) is 7.04. The topological polar surface area (TPSA) is 56.7 Å². The summed E-state index contributed by atoms with van der Waals surface area (Å²) < 4.78 is 11.1. The number of para-hydroxylation sites is 2. The second-order valence-corrected chi connectivity index (χ2v) is 15.5. The lowest BCUT2D eigenvalue weighted by molar-refractivity contribution is 0.669. The highest BCUT2D eigenvalue weighted by Gasteiger charge is 2.18. The number of furan rings is 1. The SMILES string of the molecule is c1ccc(-c2ccc3c(c2)c2ccccc2n3-c2ccc(-c3nc(-c4ccc5c(c4)oc4ccccc45)nc(-c4ccc5sc6ccccc6c5c4)n3)cc2)cc1. The van der Waals surface area contributed by atoms with Crippen LogP contribution in [-0.4, -0.2) is 19.5 Å². The number of fused-ring (bicyclic) bond motifs is 9. The first-order valence-electron chi connectivity index (χ1n) is 19.0. The third kappa shape index (κ3) is 5.19. The van der Waals surface area contributed by atoms with Gasteiger partial charge in [0, 0.05) is 64.1 Å². The van der Waals surface area contributed by atoms with E-state index in [-0.39, 0.29) is 0 Å². The summed E-state index contributed by atoms with van der Waals surface area (Å²) >= 11 is 1.80. The molecule has 0 bridgehead atoms. The number of hydrogen-bond acceptors (Lipinski definition) is 5. The molecule has 0 N–H and O–H groups in total. The fourth-order valence-electron chi connectivity index (χ4n) is 8.31. The second kappa shape index (κ2) is 12.6. The van der Waals surface area contributed by atoms with Crippen molar-refractivity contribution in [3.8, 4) is 51.0 Å². The summed E-state index contributed by atoms with van der Waals surface area (Å²) in [4.78, 5) is 15.4. The monoisotopic (exact) mass is 746 g/mol. The Balaban J connectivity index is 1.00. The molecule has 12 rings (SSSR count). The predicted octanol–water partition coefficient (Wildman–Crippen LogP) is 13.9. The first kappa shape index (κ1) is 31.9. The predicted molar refractivity (Wildman–Crippen MR) is 236 cm³/mol. The van der Waals surface area contributed by atoms with Crippen LogP contribution in [0.2, 0.25) is 0 Å². The zero-order valence-corrected chi connectivity index (χ0v) is 31.2. The Morgan fingerprint density at radius 1 is 0.351 bits per heavy atom. The van der Waals surface area contributed by atoms with E-state index in [1.54, 1.807) is 11.3 Å². The molecular weight excluding hydrogens is 717 g/mol. The molecule has 0 saturated heterocycles. The molecule has 0 unspecified atom stereocenters. The maximum Gasteiger partial charge on any atom is 0.164 e. The van der Waals surface area contributed by atoms with Crippen molar-refractivity contribution in [2.75, 3.05) is 0 Å². The van der Waals surface area contributed by atoms with E-state index in [1.807, 2.05) is 24.3 Å². The van der Waals surface area contributed by atoms with E-state index in [9.17, 15) is 0 Å². The summed E-state index contributed by atoms with van der Waals surface area (Å²) in [6.07, 6.45) is 0. The van der Waals surface area contributed by atoms with Crippen LogP contribution in [0.4, 0.5) is 0 Å². The summed E-state index contributed by atoms with van der Waals surface area (Å²) in [5.41, 5.74) is 10.2. The quantitative estimate of drug-likeness (QED) is 0.176. The van der Waals surface area contributed by atoms with Gasteiger partial charge in [-0.1, -0.05) is 97.1 Å². The zero-order valence-electron chi connectivity index (χ0n) is 30.4. The molecule has 266 valence electrons. The lowest BCUT2D eigenvalue weighted by Gasteiger charge is -2.11. The van der Waals surface area contributed by atoms with Gasteiger partial charge in [0.05, 0.1) is 11.0 Å². The third-order valence-electron chi connectivity index (χ3n) is 11.1. The van der Waals surface area contributed by atoms with Crippen molar-refractivity contribution in [1.29, 1.82) is 0 Å². The van der Waals surface area contributed by atoms with E-state index in [0.29, 0.717) is 17.5 Å². The Morgan fingerprint density at radius 2 is 0.930 bits per heavy atom. The molecule has 6 heteroatoms. The van der Waals surface area contributed by atoms with Crippen LogP contribution in [0.15, 0.2) is 186 Å². The Hall–Kier alpha value is -7.41. The molecule has 0 amide bonds. The molecule has 0 aliphatic carbocycles. The minimum Gasteiger partial charge on any atom is -0.456 e. The number of hydrogen-bond donors (Lipinski definition) is 0. The largest absolute Gasteiger partial charge is 0.456 e. The molecule has 4 heterocycles. The Kier molecular flexibility index (Phi) is 7.03. The number of benzene rings is 8. The fourth-order valence-corrected chi connectivity index (χ4v) is 9.40. The summed E-state index contributed by atoms with van der Waals surface area (Å²) in [5.74, 6) is 1.82. The number of nitrogens with zero attached hydrogens (tertiary/aromatic N) is 4. The maximum atomic E-state index is 6.29. The van der Waals surface area contributed by atoms with Gasteiger partial charge in [0.1, 0.15) is 11.2 Å². The number of thiophene rings is 1. The van der Waals surface area contributed by atoms with Gasteiger partial charge in [0.25, 0.3) is 0 Å². The molecule has 12 aromatic rings. The molecule has 8 aromatic carbocycles. The molecule has 0 radical (unpaired) electrons. The van der Waals surface area contributed by atoms with Gasteiger partial charge in [0.2, 0.25) is 0 Å². The van der Waals surface area contributed by atoms with Crippen LogP contribution < -0.4 is 0 Å². The van der Waals surface area contributed by atoms with Gasteiger partial charge >= 0.3 is 0 Å². The van der Waals surface area contributed by atoms with E-state index in [2.05, 4.69) is 162 Å². The van der Waals surface area contributed by atoms with Crippen LogP contribution in [0.1, 0.15) is 0 Å². The van der Waals surface area contributed by atoms with Gasteiger partial charge in [-0.05, 0) is 96.1 Å². The Morgan fingerprint density at radius 3 is 1.77 bits per heavy atom. The highest BCUT2D eigenvalue weighted by molar-refractivity contribution is 7.25. The van der Waals surface area contributed by atoms with Gasteiger partial charge in [-0.25, -0.2) is 15.0 Å². The Labute approximate surface area is 330 Å². The summed E-state index contributed by atoms with van der Waals surface area (Å²) in [6.45, 7) is 0. The van der Waals surface area contributed by atoms with Gasteiger partial charge < -0.3 is 8.98 Å². The van der Waals surface area contributed by atoms with Gasteiger partial charge in [-0.2, -0.15) is 0 Å². The summed E-state index contributed by atoms with van der Waals surface area (Å²) in [6, 6.07) is 64.0. The highest BCUT2D eigenvalue weighted by atomic mass is 32.1. The molecule has 0 spiro atoms. The lowest BCUT2D eigenvalue weighted by Crippen LogP contribution is -2.00. The van der Waals surface area contributed by atoms with E-state index >= 15 is 0 Å². The highest BCUT2D eigenvalue weighted by Crippen LogP contribution is 2.38. The molecule has 57 heavy (non-hydrogen) atoms. The van der Waals surface area contributed by atoms with Crippen LogP contribution in [0.3, 0.4) is 0 Å². The van der Waals surface area contributed by atoms with E-state index < -0.39 is 0 Å². The van der Waals surface area contributed by atoms with E-state index in [1.165, 1.54) is 42.1 Å². The normalized spacial score (nSPS) is 11.9. The van der Waals surface area contributed by atoms with Crippen LogP contribution in [-0.2, 0) is 0 Å². The standard InChI is InChI=1S/C51H30N4OS/c1-2-10-31(11-3-1)33-21-26-44-41(28-33)37-12-4-7-15-43(37)55(44)36-23-18-32(19-24-36)49-52-50(34-22-27-48-42(29-34)40-14-6-9-17-47(40)57-48)54-51(53-49)35-20-25-39-38-13-5-8-16-45(38)56-46(39)30-35/h1-30H. The molecule has 0 fully saturated rings. The fraction of sp³-hybridized carbons (Fsp3) is 0. The summed E-state index contributed by atoms with van der Waals surface area (Å²) in [7, 11) is 0. The van der Waals surface area contributed by atoms with Crippen molar-refractivity contribution < 1.29 is 4.42 Å². The van der Waals surface area contributed by atoms with Crippen LogP contribution in [0.25, 0.3) is 115 Å². The van der Waals surface area contributed by atoms with Crippen LogP contribution in [0, 0.1) is 0 Å². The van der Waals surface area contributed by atoms with Crippen molar-refractivity contribution in [3.63, 3.8) is 0 Å². The molecule has 5 nitrogen and oxygen atoms in total. The first-order valence-corrected chi connectivity index (χ1v) is 19.8. The van der Waals surface area contributed by atoms with Crippen LogP contribution >= 0.6 is 11.3 Å². The van der Waals surface area contributed by atoms with Crippen molar-refractivity contribution in [2.45, 2.75) is 0 Å². The van der Waals surface area contributed by atoms with Gasteiger partial charge in [0.15, 0.2) is 17.5 Å². The van der Waals surface area contributed by atoms with Crippen molar-refractivity contribution in [1.82, 2.24) is 19.5 Å². The Bertz CT molecular complexity index is 3520. The molecule has 0 atom stereocenters. The average Bonchev–Trinajstić information content (AvgIpc) is 3.95. The minimum absolute atomic E-state index is 0.591. The number of rotatable bonds is 5. The molecule has 0 saturated carbocycles. The average molecular weight is 747 g/mol. The van der Waals surface area contributed by atoms with E-state index in [0.717, 1.165) is 55.3 Å². The van der Waals surface area contributed by atoms with Crippen LogP contribution in [0.5, 0.6) is 0 Å². The minimum atomic E-state index is 0.591. The number of aromatic nitrogens is 4. The zero-order chi connectivity index (χ0) is 37.5. The second-order valence-electron chi connectivity index (χ2n) is 14.4. The lowest BCUT2D eigenvalue weighted by atomic mass is 10.0. The smallest absolute Gasteiger partial charge is 0.164 e. The first-order chi connectivity index (χ1) is 28.2. The molecule has 0 aliphatic heterocycles. The van der Waals surface area contributed by atoms with E-state index in [4.69, 9.17) is 19.4 Å². The van der Waals surface area contributed by atoms with Crippen molar-refractivity contribution >= 4 is 75.3 Å². The van der Waals surface area contributed by atoms with Crippen molar-refractivity contribution in [2.24, 2.45) is 0 Å². The van der Waals surface area contributed by atoms with Gasteiger partial charge in [-0.3, -0.25) is 0 Å². The van der Waals surface area contributed by atoms with Crippen molar-refractivity contribution in [3.05, 3.63) is 182 Å². The van der Waals surface area contributed by atoms with Gasteiger partial charge in [-0.15, -0.1) is 11.3 Å². The molecule has 0 aliphatic rings. The maximum absolute atomic E-state index is 6.29.